The number of carbonyl (C=O) groups is 1. The zero-order valence-corrected chi connectivity index (χ0v) is 19.6. The average molecular weight is 569 g/mol. The molecule has 1 amide bonds. The minimum atomic E-state index is -5.26. The quantitative estimate of drug-likeness (QED) is 0.200. The lowest BCUT2D eigenvalue weighted by atomic mass is 9.95. The minimum Gasteiger partial charge on any atom is -0.267 e. The lowest BCUT2D eigenvalue weighted by Crippen LogP contribution is -2.41. The summed E-state index contributed by atoms with van der Waals surface area (Å²) in [5, 5.41) is -0.0961. The van der Waals surface area contributed by atoms with Crippen LogP contribution in [0, 0.1) is 11.6 Å². The predicted octanol–water partition coefficient (Wildman–Crippen LogP) is 6.86. The van der Waals surface area contributed by atoms with E-state index in [1.54, 1.807) is 0 Å². The van der Waals surface area contributed by atoms with Crippen molar-refractivity contribution in [2.75, 3.05) is 12.1 Å². The monoisotopic (exact) mass is 568 g/mol. The number of halogens is 10. The van der Waals surface area contributed by atoms with Crippen molar-refractivity contribution in [1.82, 2.24) is 15.4 Å². The Labute approximate surface area is 213 Å². The van der Waals surface area contributed by atoms with Gasteiger partial charge in [-0.05, 0) is 42.0 Å². The zero-order chi connectivity index (χ0) is 28.4. The van der Waals surface area contributed by atoms with Gasteiger partial charge in [-0.15, -0.1) is 0 Å². The van der Waals surface area contributed by atoms with Gasteiger partial charge in [0.25, 0.3) is 5.91 Å². The molecule has 0 saturated heterocycles. The van der Waals surface area contributed by atoms with Crippen LogP contribution in [0.15, 0.2) is 54.9 Å². The highest BCUT2D eigenvalue weighted by atomic mass is 35.5. The molecule has 1 unspecified atom stereocenters. The molecule has 0 spiro atoms. The van der Waals surface area contributed by atoms with Crippen molar-refractivity contribution >= 4 is 29.3 Å². The molecule has 0 aliphatic rings. The molecular formula is C23H14ClF9N4O. The number of anilines is 1. The number of hydrogen-bond donors (Lipinski definition) is 1. The maximum absolute atomic E-state index is 14.9. The summed E-state index contributed by atoms with van der Waals surface area (Å²) >= 11 is 5.39. The molecule has 1 N–H and O–H groups in total. The number of allylic oxidation sites excluding steroid dienone is 1. The zero-order valence-electron chi connectivity index (χ0n) is 18.8. The molecule has 0 radical (unpaired) electrons. The Bertz CT molecular complexity index is 1340. The summed E-state index contributed by atoms with van der Waals surface area (Å²) in [6.07, 6.45) is -7.99. The highest BCUT2D eigenvalue weighted by Crippen LogP contribution is 2.41. The summed E-state index contributed by atoms with van der Waals surface area (Å²) in [4.78, 5) is 20.1. The van der Waals surface area contributed by atoms with E-state index in [9.17, 15) is 44.3 Å². The second kappa shape index (κ2) is 10.9. The number of hydrazine groups is 1. The molecule has 38 heavy (non-hydrogen) atoms. The Morgan fingerprint density at radius 1 is 1.05 bits per heavy atom. The van der Waals surface area contributed by atoms with Crippen LogP contribution in [-0.4, -0.2) is 29.1 Å². The molecule has 3 rings (SSSR count). The molecule has 5 nitrogen and oxygen atoms in total. The van der Waals surface area contributed by atoms with Gasteiger partial charge in [0, 0.05) is 25.0 Å². The molecule has 1 atom stereocenters. The summed E-state index contributed by atoms with van der Waals surface area (Å²) in [6, 6.07) is 3.38. The second-order valence-electron chi connectivity index (χ2n) is 7.64. The molecule has 0 aliphatic carbocycles. The molecule has 3 aromatic rings. The largest absolute Gasteiger partial charge is 0.417 e. The van der Waals surface area contributed by atoms with E-state index in [0.717, 1.165) is 5.01 Å². The third-order valence-electron chi connectivity index (χ3n) is 5.00. The number of benzene rings is 2. The van der Waals surface area contributed by atoms with E-state index >= 15 is 0 Å². The van der Waals surface area contributed by atoms with Gasteiger partial charge in [-0.1, -0.05) is 17.7 Å². The molecule has 0 bridgehead atoms. The van der Waals surface area contributed by atoms with Gasteiger partial charge < -0.3 is 0 Å². The van der Waals surface area contributed by atoms with Gasteiger partial charge in [-0.2, -0.15) is 26.3 Å². The molecule has 202 valence electrons. The Morgan fingerprint density at radius 2 is 1.68 bits per heavy atom. The van der Waals surface area contributed by atoms with Crippen LogP contribution in [0.1, 0.15) is 33.0 Å². The smallest absolute Gasteiger partial charge is 0.267 e. The highest BCUT2D eigenvalue weighted by molar-refractivity contribution is 6.30. The Hall–Kier alpha value is -3.81. The van der Waals surface area contributed by atoms with Crippen LogP contribution in [0.2, 0.25) is 5.02 Å². The van der Waals surface area contributed by atoms with Crippen LogP contribution >= 0.6 is 11.6 Å². The predicted molar refractivity (Wildman–Crippen MR) is 119 cm³/mol. The molecule has 0 saturated carbocycles. The summed E-state index contributed by atoms with van der Waals surface area (Å²) in [7, 11) is 1.24. The SMILES string of the molecule is CN(NC(=O)c1ccc(/C(F)=C/C(c2cc(F)c(F)c(Cl)c2)C(F)(F)F)cc1C(F)(F)F)c1ncccn1. The van der Waals surface area contributed by atoms with E-state index in [0.29, 0.717) is 18.2 Å². The van der Waals surface area contributed by atoms with Crippen LogP contribution in [0.4, 0.5) is 45.5 Å². The highest BCUT2D eigenvalue weighted by Gasteiger charge is 2.41. The standard InChI is InChI=1S/C23H14ClF9N4O/c1-37(21-34-5-2-6-35-21)36-20(38)13-4-3-11(7-15(13)23(31,32)33)17(25)10-14(22(28,29)30)12-8-16(24)19(27)18(26)9-12/h2-10,14H,1H3,(H,36,38)/b17-10-. The van der Waals surface area contributed by atoms with E-state index in [1.807, 2.05) is 0 Å². The van der Waals surface area contributed by atoms with E-state index in [4.69, 9.17) is 11.6 Å². The van der Waals surface area contributed by atoms with E-state index in [2.05, 4.69) is 15.4 Å². The number of aromatic nitrogens is 2. The van der Waals surface area contributed by atoms with Crippen molar-refractivity contribution in [3.8, 4) is 0 Å². The lowest BCUT2D eigenvalue weighted by molar-refractivity contribution is -0.140. The van der Waals surface area contributed by atoms with Gasteiger partial charge in [-0.25, -0.2) is 23.1 Å². The minimum absolute atomic E-state index is 0.0736. The van der Waals surface area contributed by atoms with Crippen LogP contribution in [-0.2, 0) is 6.18 Å². The second-order valence-corrected chi connectivity index (χ2v) is 8.05. The number of amides is 1. The number of rotatable bonds is 6. The first-order valence-corrected chi connectivity index (χ1v) is 10.6. The number of carbonyl (C=O) groups excluding carboxylic acids is 1. The first kappa shape index (κ1) is 28.8. The van der Waals surface area contributed by atoms with Crippen molar-refractivity contribution in [1.29, 1.82) is 0 Å². The Balaban J connectivity index is 2.01. The van der Waals surface area contributed by atoms with Crippen molar-refractivity contribution in [3.63, 3.8) is 0 Å². The first-order chi connectivity index (χ1) is 17.6. The van der Waals surface area contributed by atoms with Crippen LogP contribution < -0.4 is 10.4 Å². The molecule has 2 aromatic carbocycles. The van der Waals surface area contributed by atoms with Gasteiger partial charge in [0.1, 0.15) is 11.7 Å². The third-order valence-corrected chi connectivity index (χ3v) is 5.27. The van der Waals surface area contributed by atoms with E-state index in [1.165, 1.54) is 25.5 Å². The molecular weight excluding hydrogens is 555 g/mol. The fourth-order valence-electron chi connectivity index (χ4n) is 3.23. The molecule has 0 aliphatic heterocycles. The van der Waals surface area contributed by atoms with Gasteiger partial charge in [0.15, 0.2) is 11.6 Å². The normalized spacial score (nSPS) is 13.3. The molecule has 15 heteroatoms. The first-order valence-electron chi connectivity index (χ1n) is 10.2. The maximum atomic E-state index is 14.9. The van der Waals surface area contributed by atoms with Gasteiger partial charge >= 0.3 is 12.4 Å². The average Bonchev–Trinajstić information content (AvgIpc) is 2.84. The van der Waals surface area contributed by atoms with E-state index in [-0.39, 0.29) is 24.2 Å². The Morgan fingerprint density at radius 3 is 2.24 bits per heavy atom. The summed E-state index contributed by atoms with van der Waals surface area (Å²) in [5.74, 6) is -9.42. The number of alkyl halides is 6. The summed E-state index contributed by atoms with van der Waals surface area (Å²) in [6.45, 7) is 0. The van der Waals surface area contributed by atoms with Crippen molar-refractivity contribution in [2.45, 2.75) is 18.3 Å². The van der Waals surface area contributed by atoms with Crippen LogP contribution in [0.5, 0.6) is 0 Å². The molecule has 0 fully saturated rings. The number of nitrogens with one attached hydrogen (secondary N) is 1. The topological polar surface area (TPSA) is 58.1 Å². The van der Waals surface area contributed by atoms with Crippen LogP contribution in [0.3, 0.4) is 0 Å². The van der Waals surface area contributed by atoms with Crippen LogP contribution in [0.25, 0.3) is 5.83 Å². The maximum Gasteiger partial charge on any atom is 0.417 e. The van der Waals surface area contributed by atoms with Crippen molar-refractivity contribution in [3.05, 3.63) is 93.8 Å². The summed E-state index contributed by atoms with van der Waals surface area (Å²) in [5.41, 5.74) is -2.49. The van der Waals surface area contributed by atoms with Crippen molar-refractivity contribution in [2.24, 2.45) is 0 Å². The van der Waals surface area contributed by atoms with Gasteiger partial charge in [-0.3, -0.25) is 15.2 Å². The van der Waals surface area contributed by atoms with E-state index < -0.39 is 68.9 Å². The fraction of sp³-hybridized carbons (Fsp3) is 0.174. The lowest BCUT2D eigenvalue weighted by Gasteiger charge is -2.20. The third kappa shape index (κ3) is 6.54. The summed E-state index contributed by atoms with van der Waals surface area (Å²) < 4.78 is 124. The van der Waals surface area contributed by atoms with Gasteiger partial charge in [0.2, 0.25) is 5.95 Å². The van der Waals surface area contributed by atoms with Crippen molar-refractivity contribution < 1.29 is 44.3 Å². The van der Waals surface area contributed by atoms with Gasteiger partial charge in [0.05, 0.1) is 16.1 Å². The number of nitrogens with zero attached hydrogens (tertiary/aromatic N) is 3. The molecule has 1 aromatic heterocycles. The Kier molecular flexibility index (Phi) is 8.24. The fourth-order valence-corrected chi connectivity index (χ4v) is 3.45. The number of hydrogen-bond acceptors (Lipinski definition) is 4. The molecule has 1 heterocycles.